The molecular formula is C29H42N2O11. The van der Waals surface area contributed by atoms with Crippen molar-refractivity contribution in [1.29, 1.82) is 0 Å². The maximum atomic E-state index is 12.5. The van der Waals surface area contributed by atoms with E-state index in [4.69, 9.17) is 14.2 Å². The standard InChI is InChI=1S/C29H42N2O11/c1-2-3-4-5-6-7-8-9-10-11-12-13-17-20-24(33)40-23(21-32)26-27(25(34)28(35)41-26)42-29(30(36)37,31(38)39)22-18-15-14-16-19-22/h14-16,18-19,23,26,32,34H,2-13,17,20-21H2,1H3/t23-,26+/m0/s1. The molecule has 0 spiro atoms. The van der Waals surface area contributed by atoms with Gasteiger partial charge in [0.25, 0.3) is 0 Å². The largest absolute Gasteiger partial charge is 0.648 e. The van der Waals surface area contributed by atoms with Gasteiger partial charge in [-0.15, -0.1) is 0 Å². The molecule has 0 unspecified atom stereocenters. The summed E-state index contributed by atoms with van der Waals surface area (Å²) in [5, 5.41) is 44.0. The van der Waals surface area contributed by atoms with E-state index >= 15 is 0 Å². The molecule has 0 aromatic heterocycles. The Kier molecular flexibility index (Phi) is 14.7. The van der Waals surface area contributed by atoms with E-state index in [2.05, 4.69) is 6.92 Å². The molecule has 1 heterocycles. The molecule has 2 atom stereocenters. The Morgan fingerprint density at radius 1 is 0.929 bits per heavy atom. The van der Waals surface area contributed by atoms with Crippen LogP contribution >= 0.6 is 0 Å². The van der Waals surface area contributed by atoms with Gasteiger partial charge in [0.05, 0.1) is 6.61 Å². The van der Waals surface area contributed by atoms with Crippen molar-refractivity contribution >= 4 is 11.9 Å². The van der Waals surface area contributed by atoms with E-state index in [-0.39, 0.29) is 6.42 Å². The van der Waals surface area contributed by atoms with Crippen molar-refractivity contribution in [3.63, 3.8) is 0 Å². The van der Waals surface area contributed by atoms with Crippen LogP contribution in [0.5, 0.6) is 0 Å². The number of hydrogen-bond donors (Lipinski definition) is 2. The van der Waals surface area contributed by atoms with Crippen LogP contribution in [0.3, 0.4) is 0 Å². The number of rotatable bonds is 22. The predicted octanol–water partition coefficient (Wildman–Crippen LogP) is 5.45. The average Bonchev–Trinajstić information content (AvgIpc) is 3.25. The number of aliphatic hydroxyl groups excluding tert-OH is 2. The second-order valence-corrected chi connectivity index (χ2v) is 10.3. The van der Waals surface area contributed by atoms with Gasteiger partial charge in [-0.2, -0.15) is 0 Å². The maximum Gasteiger partial charge on any atom is 0.648 e. The molecule has 1 aliphatic heterocycles. The minimum Gasteiger partial charge on any atom is -0.499 e. The number of cyclic esters (lactones) is 1. The van der Waals surface area contributed by atoms with Crippen LogP contribution in [0.1, 0.15) is 102 Å². The van der Waals surface area contributed by atoms with Gasteiger partial charge in [-0.05, 0) is 18.6 Å². The van der Waals surface area contributed by atoms with Crippen molar-refractivity contribution in [2.75, 3.05) is 6.61 Å². The molecule has 0 amide bonds. The van der Waals surface area contributed by atoms with Gasteiger partial charge in [-0.25, -0.2) is 4.79 Å². The lowest BCUT2D eigenvalue weighted by molar-refractivity contribution is -0.862. The highest BCUT2D eigenvalue weighted by Gasteiger charge is 2.65. The summed E-state index contributed by atoms with van der Waals surface area (Å²) >= 11 is 0. The minimum atomic E-state index is -3.46. The summed E-state index contributed by atoms with van der Waals surface area (Å²) in [6.07, 6.45) is 11.1. The third kappa shape index (κ3) is 9.68. The molecule has 1 aliphatic rings. The second-order valence-electron chi connectivity index (χ2n) is 10.3. The predicted molar refractivity (Wildman–Crippen MR) is 150 cm³/mol. The summed E-state index contributed by atoms with van der Waals surface area (Å²) in [7, 11) is 0. The summed E-state index contributed by atoms with van der Waals surface area (Å²) in [5.74, 6) is -7.87. The molecule has 2 N–H and O–H groups in total. The molecule has 13 nitrogen and oxygen atoms in total. The van der Waals surface area contributed by atoms with Crippen molar-refractivity contribution in [3.05, 3.63) is 67.6 Å². The summed E-state index contributed by atoms with van der Waals surface area (Å²) in [6, 6.07) is 6.20. The number of unbranched alkanes of at least 4 members (excludes halogenated alkanes) is 12. The number of nitrogens with zero attached hydrogens (tertiary/aromatic N) is 2. The smallest absolute Gasteiger partial charge is 0.499 e. The van der Waals surface area contributed by atoms with Gasteiger partial charge in [0.1, 0.15) is 9.85 Å². The van der Waals surface area contributed by atoms with Gasteiger partial charge in [-0.1, -0.05) is 102 Å². The molecule has 0 bridgehead atoms. The number of aliphatic hydroxyl groups is 2. The minimum absolute atomic E-state index is 0.00143. The maximum absolute atomic E-state index is 12.5. The van der Waals surface area contributed by atoms with Gasteiger partial charge in [-0.3, -0.25) is 25.0 Å². The van der Waals surface area contributed by atoms with E-state index in [1.807, 2.05) is 0 Å². The van der Waals surface area contributed by atoms with Crippen molar-refractivity contribution in [3.8, 4) is 0 Å². The number of esters is 2. The van der Waals surface area contributed by atoms with E-state index in [9.17, 15) is 40.0 Å². The van der Waals surface area contributed by atoms with E-state index < -0.39 is 63.5 Å². The summed E-state index contributed by atoms with van der Waals surface area (Å²) in [6.45, 7) is 1.29. The zero-order valence-corrected chi connectivity index (χ0v) is 24.1. The van der Waals surface area contributed by atoms with E-state index in [1.54, 1.807) is 0 Å². The number of ether oxygens (including phenoxy) is 3. The Hall–Kier alpha value is -3.74. The van der Waals surface area contributed by atoms with Crippen LogP contribution in [0, 0.1) is 20.2 Å². The molecular weight excluding hydrogens is 552 g/mol. The Morgan fingerprint density at radius 3 is 1.90 bits per heavy atom. The molecule has 1 aromatic rings. The highest BCUT2D eigenvalue weighted by Crippen LogP contribution is 2.36. The number of carbonyl (C=O) groups excluding carboxylic acids is 2. The molecule has 1 aromatic carbocycles. The van der Waals surface area contributed by atoms with Crippen molar-refractivity contribution < 1.29 is 43.9 Å². The third-order valence-corrected chi connectivity index (χ3v) is 7.10. The molecule has 0 aliphatic carbocycles. The summed E-state index contributed by atoms with van der Waals surface area (Å²) in [4.78, 5) is 45.8. The molecule has 0 saturated carbocycles. The van der Waals surface area contributed by atoms with Gasteiger partial charge in [0, 0.05) is 6.42 Å². The van der Waals surface area contributed by atoms with Crippen LogP contribution in [0.4, 0.5) is 0 Å². The molecule has 234 valence electrons. The molecule has 2 rings (SSSR count). The zero-order valence-electron chi connectivity index (χ0n) is 24.1. The molecule has 0 radical (unpaired) electrons. The SMILES string of the molecule is CCCCCCCCCCCCCCCC(=O)O[C@@H](CO)[C@H]1OC(=O)C(O)=C1OC(c1ccccc1)([N+](=O)[O-])[N+](=O)[O-]. The fraction of sp³-hybridized carbons (Fsp3) is 0.655. The average molecular weight is 595 g/mol. The van der Waals surface area contributed by atoms with Crippen molar-refractivity contribution in [2.24, 2.45) is 0 Å². The first-order valence-electron chi connectivity index (χ1n) is 14.7. The lowest BCUT2D eigenvalue weighted by Gasteiger charge is -2.25. The first kappa shape index (κ1) is 34.5. The van der Waals surface area contributed by atoms with E-state index in [0.717, 1.165) is 37.8 Å². The lowest BCUT2D eigenvalue weighted by atomic mass is 10.0. The second kappa shape index (κ2) is 17.9. The number of hydrogen-bond acceptors (Lipinski definition) is 11. The Bertz CT molecular complexity index is 1050. The fourth-order valence-electron chi connectivity index (χ4n) is 4.74. The van der Waals surface area contributed by atoms with Gasteiger partial charge in [0.15, 0.2) is 11.7 Å². The van der Waals surface area contributed by atoms with Crippen LogP contribution in [-0.4, -0.2) is 50.8 Å². The van der Waals surface area contributed by atoms with Crippen LogP contribution < -0.4 is 0 Å². The first-order chi connectivity index (χ1) is 20.2. The summed E-state index contributed by atoms with van der Waals surface area (Å²) < 4.78 is 15.3. The van der Waals surface area contributed by atoms with Gasteiger partial charge < -0.3 is 24.4 Å². The monoisotopic (exact) mass is 594 g/mol. The van der Waals surface area contributed by atoms with Crippen LogP contribution in [-0.2, 0) is 29.6 Å². The fourth-order valence-corrected chi connectivity index (χ4v) is 4.74. The molecule has 13 heteroatoms. The molecule has 42 heavy (non-hydrogen) atoms. The molecule has 0 fully saturated rings. The van der Waals surface area contributed by atoms with Crippen LogP contribution in [0.15, 0.2) is 41.9 Å². The first-order valence-corrected chi connectivity index (χ1v) is 14.7. The number of nitro groups is 2. The Morgan fingerprint density at radius 2 is 1.43 bits per heavy atom. The number of benzene rings is 1. The quantitative estimate of drug-likeness (QED) is 0.0571. The topological polar surface area (TPSA) is 189 Å². The summed E-state index contributed by atoms with van der Waals surface area (Å²) in [5.41, 5.74) is -0.515. The lowest BCUT2D eigenvalue weighted by Crippen LogP contribution is -2.48. The zero-order chi connectivity index (χ0) is 31.0. The molecule has 0 saturated heterocycles. The Balaban J connectivity index is 1.88. The van der Waals surface area contributed by atoms with Gasteiger partial charge in [0.2, 0.25) is 17.6 Å². The van der Waals surface area contributed by atoms with Gasteiger partial charge >= 0.3 is 17.8 Å². The highest BCUT2D eigenvalue weighted by atomic mass is 16.8. The Labute approximate surface area is 245 Å². The highest BCUT2D eigenvalue weighted by molar-refractivity contribution is 5.89. The van der Waals surface area contributed by atoms with E-state index in [1.165, 1.54) is 69.6 Å². The third-order valence-electron chi connectivity index (χ3n) is 7.10. The van der Waals surface area contributed by atoms with Crippen molar-refractivity contribution in [2.45, 2.75) is 115 Å². The normalized spacial score (nSPS) is 15.8. The van der Waals surface area contributed by atoms with Crippen LogP contribution in [0.25, 0.3) is 0 Å². The van der Waals surface area contributed by atoms with E-state index in [0.29, 0.717) is 6.42 Å². The number of carbonyl (C=O) groups is 2. The van der Waals surface area contributed by atoms with Crippen molar-refractivity contribution in [1.82, 2.24) is 0 Å². The van der Waals surface area contributed by atoms with Crippen LogP contribution in [0.2, 0.25) is 0 Å².